The summed E-state index contributed by atoms with van der Waals surface area (Å²) in [6.07, 6.45) is 4.97. The van der Waals surface area contributed by atoms with E-state index in [0.717, 1.165) is 86.6 Å². The summed E-state index contributed by atoms with van der Waals surface area (Å²) in [6.45, 7) is 17.7. The van der Waals surface area contributed by atoms with Gasteiger partial charge in [0.25, 0.3) is 5.91 Å². The van der Waals surface area contributed by atoms with Crippen LogP contribution in [0.25, 0.3) is 38.1 Å². The van der Waals surface area contributed by atoms with Gasteiger partial charge in [-0.15, -0.1) is 11.3 Å². The molecule has 4 aromatic heterocycles. The number of piperidine rings is 1. The molecule has 2 saturated heterocycles. The van der Waals surface area contributed by atoms with E-state index in [1.807, 2.05) is 55.7 Å². The number of benzene rings is 3. The molecule has 0 spiro atoms. The highest BCUT2D eigenvalue weighted by molar-refractivity contribution is 7.13. The van der Waals surface area contributed by atoms with Crippen LogP contribution in [0.5, 0.6) is 11.8 Å². The largest absolute Gasteiger partial charge is 0.491 e. The van der Waals surface area contributed by atoms with Crippen LogP contribution in [0.3, 0.4) is 0 Å². The lowest BCUT2D eigenvalue weighted by molar-refractivity contribution is -0.145. The number of hydrogen-bond donors (Lipinski definition) is 6. The molecule has 10 rings (SSSR count). The Balaban J connectivity index is 0.616. The van der Waals surface area contributed by atoms with E-state index in [1.165, 1.54) is 16.2 Å². The first-order chi connectivity index (χ1) is 43.0. The summed E-state index contributed by atoms with van der Waals surface area (Å²) in [5.41, 5.74) is 7.17. The Morgan fingerprint density at radius 3 is 2.34 bits per heavy atom. The molecule has 1 saturated carbocycles. The number of fused-ring (bicyclic) bond motifs is 2. The number of anilines is 2. The number of nitrogens with one attached hydrogen (secondary N) is 5. The van der Waals surface area contributed by atoms with E-state index >= 15 is 0 Å². The van der Waals surface area contributed by atoms with Crippen molar-refractivity contribution in [2.24, 2.45) is 5.41 Å². The average Bonchev–Trinajstić information content (AvgIpc) is 1.93. The molecular weight excluding hydrogens is 1160 g/mol. The zero-order chi connectivity index (χ0) is 62.5. The maximum atomic E-state index is 14.7. The zero-order valence-corrected chi connectivity index (χ0v) is 52.5. The van der Waals surface area contributed by atoms with Crippen molar-refractivity contribution in [3.63, 3.8) is 0 Å². The summed E-state index contributed by atoms with van der Waals surface area (Å²) in [7, 11) is 0. The lowest BCUT2D eigenvalue weighted by Crippen LogP contribution is -2.59. The van der Waals surface area contributed by atoms with E-state index in [1.54, 1.807) is 30.8 Å². The van der Waals surface area contributed by atoms with Gasteiger partial charge >= 0.3 is 6.01 Å². The van der Waals surface area contributed by atoms with Gasteiger partial charge in [-0.25, -0.2) is 9.37 Å². The van der Waals surface area contributed by atoms with Crippen LogP contribution in [0, 0.1) is 12.3 Å². The molecule has 4 atom stereocenters. The van der Waals surface area contributed by atoms with Crippen molar-refractivity contribution in [1.82, 2.24) is 50.4 Å². The van der Waals surface area contributed by atoms with Crippen LogP contribution in [0.2, 0.25) is 0 Å². The van der Waals surface area contributed by atoms with E-state index in [0.29, 0.717) is 82.6 Å². The second-order valence-corrected chi connectivity index (χ2v) is 25.0. The monoisotopic (exact) mass is 1240 g/mol. The molecular formula is C65H83FN12O10S. The number of halogens is 1. The molecule has 24 heteroatoms. The molecule has 3 aliphatic rings. The molecule has 3 amide bonds. The van der Waals surface area contributed by atoms with Crippen LogP contribution in [0.1, 0.15) is 95.0 Å². The van der Waals surface area contributed by atoms with Gasteiger partial charge in [-0.3, -0.25) is 19.4 Å². The van der Waals surface area contributed by atoms with E-state index in [2.05, 4.69) is 80.8 Å². The number of aliphatic hydroxyl groups is 1. The Labute approximate surface area is 522 Å². The molecule has 2 aliphatic heterocycles. The van der Waals surface area contributed by atoms with Gasteiger partial charge in [0.05, 0.1) is 86.9 Å². The minimum atomic E-state index is -1.98. The van der Waals surface area contributed by atoms with Crippen LogP contribution in [-0.4, -0.2) is 173 Å². The number of carbonyl (C=O) groups excluding carboxylic acids is 3. The first-order valence-corrected chi connectivity index (χ1v) is 31.7. The normalized spacial score (nSPS) is 17.7. The molecule has 0 bridgehead atoms. The van der Waals surface area contributed by atoms with Gasteiger partial charge in [0.1, 0.15) is 30.5 Å². The quantitative estimate of drug-likeness (QED) is 0.0226. The topological polar surface area (TPSA) is 259 Å². The van der Waals surface area contributed by atoms with Crippen molar-refractivity contribution in [1.29, 1.82) is 0 Å². The first kappa shape index (κ1) is 64.5. The Kier molecular flexibility index (Phi) is 21.7. The second-order valence-electron chi connectivity index (χ2n) is 24.2. The Hall–Kier alpha value is -7.45. The van der Waals surface area contributed by atoms with Crippen LogP contribution < -0.4 is 36.1 Å². The standard InChI is InChI=1S/C65H83FN12O10S/c1-41(2)52-38-73-78-58(52)75-63(88-49-11-9-20-67-37-49)76-62(78)71-35-45-10-7-8-12-50(45)55-51-16-15-47(32-43(51)17-21-69-55)68-22-23-83-24-25-84-26-27-85-28-29-86-30-31-87-54-33-44(56-42(3)72-40-89-56)13-14-46(54)36-70-59(80)53-34-48(79)39-77(53)60(81)57(64(4,5)6)74-61(82)65(66)18-19-65/h7-8,10,12-17,21,32-33,38,40-41,48-49,53,57,67-68,79H,9,11,18-20,22-31,34-37,39H2,1-6H3,(H,70,80)(H,74,82)(H,71,75,76)/t48-,49-,53+,57-/m1/s1. The third-order valence-electron chi connectivity index (χ3n) is 16.0. The molecule has 22 nitrogen and oxygen atoms in total. The minimum absolute atomic E-state index is 0.00603. The van der Waals surface area contributed by atoms with E-state index < -0.39 is 47.0 Å². The fourth-order valence-electron chi connectivity index (χ4n) is 10.9. The molecule has 476 valence electrons. The Morgan fingerprint density at radius 1 is 0.876 bits per heavy atom. The number of pyridine rings is 1. The van der Waals surface area contributed by atoms with E-state index in [4.69, 9.17) is 43.4 Å². The molecule has 1 aliphatic carbocycles. The third kappa shape index (κ3) is 16.7. The fraction of sp³-hybridized carbons (Fsp3) is 0.508. The SMILES string of the molecule is Cc1ncsc1-c1ccc(CNC(=O)[C@@H]2C[C@@H](O)CN2C(=O)[C@@H](NC(=O)C2(F)CC2)C(C)(C)C)c(OCCOCCOCCOCCOCCNc2ccc3c(-c4ccccc4CNc4nc(O[C@@H]5CCCNC5)nc5c(C(C)C)cnn45)nccc3c2)c1. The summed E-state index contributed by atoms with van der Waals surface area (Å²) in [6, 6.07) is 20.5. The number of aromatic nitrogens is 6. The molecule has 0 unspecified atom stereocenters. The number of thiazole rings is 1. The molecule has 6 heterocycles. The van der Waals surface area contributed by atoms with Crippen molar-refractivity contribution in [2.45, 2.75) is 123 Å². The highest BCUT2D eigenvalue weighted by atomic mass is 32.1. The highest BCUT2D eigenvalue weighted by Crippen LogP contribution is 2.41. The first-order valence-electron chi connectivity index (χ1n) is 30.8. The number of ether oxygens (including phenoxy) is 6. The van der Waals surface area contributed by atoms with Crippen molar-refractivity contribution in [3.05, 3.63) is 107 Å². The van der Waals surface area contributed by atoms with Crippen molar-refractivity contribution in [2.75, 3.05) is 96.3 Å². The van der Waals surface area contributed by atoms with Crippen LogP contribution in [0.4, 0.5) is 16.0 Å². The number of amides is 3. The highest BCUT2D eigenvalue weighted by Gasteiger charge is 2.53. The number of nitrogens with zero attached hydrogens (tertiary/aromatic N) is 7. The predicted molar refractivity (Wildman–Crippen MR) is 338 cm³/mol. The van der Waals surface area contributed by atoms with Crippen molar-refractivity contribution in [3.8, 4) is 33.5 Å². The van der Waals surface area contributed by atoms with Gasteiger partial charge in [0.2, 0.25) is 17.8 Å². The minimum Gasteiger partial charge on any atom is -0.491 e. The smallest absolute Gasteiger partial charge is 0.322 e. The predicted octanol–water partition coefficient (Wildman–Crippen LogP) is 7.81. The number of alkyl halides is 1. The number of rotatable bonds is 31. The number of likely N-dealkylation sites (tertiary alicyclic amines) is 1. The van der Waals surface area contributed by atoms with Gasteiger partial charge in [-0.1, -0.05) is 77.1 Å². The lowest BCUT2D eigenvalue weighted by atomic mass is 9.85. The van der Waals surface area contributed by atoms with Crippen LogP contribution in [-0.2, 0) is 46.4 Å². The molecule has 0 radical (unpaired) electrons. The van der Waals surface area contributed by atoms with Gasteiger partial charge < -0.3 is 65.0 Å². The summed E-state index contributed by atoms with van der Waals surface area (Å²) in [4.78, 5) is 61.7. The average molecular weight is 1240 g/mol. The molecule has 3 aromatic carbocycles. The summed E-state index contributed by atoms with van der Waals surface area (Å²) >= 11 is 1.51. The fourth-order valence-corrected chi connectivity index (χ4v) is 11.7. The number of hydrogen-bond acceptors (Lipinski definition) is 19. The van der Waals surface area contributed by atoms with Crippen molar-refractivity contribution < 1.29 is 52.3 Å². The number of carbonyl (C=O) groups is 3. The van der Waals surface area contributed by atoms with Crippen LogP contribution >= 0.6 is 11.3 Å². The zero-order valence-electron chi connectivity index (χ0n) is 51.6. The number of aliphatic hydroxyl groups excluding tert-OH is 1. The summed E-state index contributed by atoms with van der Waals surface area (Å²) in [5, 5.41) is 33.4. The van der Waals surface area contributed by atoms with Gasteiger partial charge in [-0.2, -0.15) is 19.6 Å². The summed E-state index contributed by atoms with van der Waals surface area (Å²) in [5.74, 6) is -0.538. The third-order valence-corrected chi connectivity index (χ3v) is 17.0. The van der Waals surface area contributed by atoms with Gasteiger partial charge in [0.15, 0.2) is 11.3 Å². The molecule has 6 N–H and O–H groups in total. The number of β-amino-alcohol motifs (C(OH)–C–C–N with tert-alkyl or cyclic N) is 1. The van der Waals surface area contributed by atoms with Gasteiger partial charge in [0, 0.05) is 73.1 Å². The summed E-state index contributed by atoms with van der Waals surface area (Å²) < 4.78 is 52.1. The molecule has 89 heavy (non-hydrogen) atoms. The Morgan fingerprint density at radius 2 is 1.63 bits per heavy atom. The molecule has 7 aromatic rings. The van der Waals surface area contributed by atoms with Crippen LogP contribution in [0.15, 0.2) is 84.6 Å². The maximum absolute atomic E-state index is 14.7. The van der Waals surface area contributed by atoms with E-state index in [9.17, 15) is 23.9 Å². The van der Waals surface area contributed by atoms with Gasteiger partial charge in [-0.05, 0) is 91.3 Å². The number of aryl methyl sites for hydroxylation is 1. The van der Waals surface area contributed by atoms with E-state index in [-0.39, 0.29) is 57.6 Å². The maximum Gasteiger partial charge on any atom is 0.322 e. The Bertz CT molecular complexity index is 3530. The molecule has 3 fully saturated rings. The van der Waals surface area contributed by atoms with Crippen molar-refractivity contribution >= 4 is 57.1 Å². The second kappa shape index (κ2) is 29.9. The lowest BCUT2D eigenvalue weighted by Gasteiger charge is -2.35.